The highest BCUT2D eigenvalue weighted by atomic mass is 32.2. The Balaban J connectivity index is 2.09. The van der Waals surface area contributed by atoms with Crippen molar-refractivity contribution in [3.63, 3.8) is 0 Å². The van der Waals surface area contributed by atoms with E-state index in [0.29, 0.717) is 13.0 Å². The van der Waals surface area contributed by atoms with Gasteiger partial charge in [0.05, 0.1) is 11.9 Å². The molecule has 1 N–H and O–H groups in total. The largest absolute Gasteiger partial charge is 0.406 e. The summed E-state index contributed by atoms with van der Waals surface area (Å²) >= 11 is 0. The van der Waals surface area contributed by atoms with E-state index in [1.807, 2.05) is 36.4 Å². The summed E-state index contributed by atoms with van der Waals surface area (Å²) in [6.45, 7) is 7.31. The predicted molar refractivity (Wildman–Crippen MR) is 109 cm³/mol. The van der Waals surface area contributed by atoms with Crippen LogP contribution in [-0.4, -0.2) is 35.1 Å². The fraction of sp³-hybridized carbons (Fsp3) is 0.400. The van der Waals surface area contributed by atoms with Crippen LogP contribution in [0, 0.1) is 0 Å². The maximum Gasteiger partial charge on any atom is 0.261 e. The Kier molecular flexibility index (Phi) is 5.39. The molecule has 1 saturated heterocycles. The van der Waals surface area contributed by atoms with Crippen LogP contribution in [0.3, 0.4) is 0 Å². The summed E-state index contributed by atoms with van der Waals surface area (Å²) in [6, 6.07) is 20.6. The lowest BCUT2D eigenvalue weighted by Crippen LogP contribution is -2.67. The lowest BCUT2D eigenvalue weighted by atomic mass is 10.2. The van der Waals surface area contributed by atoms with Crippen molar-refractivity contribution < 1.29 is 12.8 Å². The van der Waals surface area contributed by atoms with E-state index in [4.69, 9.17) is 4.43 Å². The molecule has 1 aliphatic heterocycles. The molecule has 6 heteroatoms. The SMILES string of the molecule is CC(C)(C)[Si](OCC1CCNS1(=O)=O)(c1ccccc1)c1ccccc1. The number of rotatable bonds is 5. The summed E-state index contributed by atoms with van der Waals surface area (Å²) in [4.78, 5) is 0. The summed E-state index contributed by atoms with van der Waals surface area (Å²) in [5.74, 6) is 0. The van der Waals surface area contributed by atoms with Crippen LogP contribution in [0.15, 0.2) is 60.7 Å². The summed E-state index contributed by atoms with van der Waals surface area (Å²) in [5.41, 5.74) is 0. The second-order valence-electron chi connectivity index (χ2n) is 7.82. The zero-order valence-corrected chi connectivity index (χ0v) is 17.4. The molecule has 0 spiro atoms. The highest BCUT2D eigenvalue weighted by Crippen LogP contribution is 2.37. The molecular formula is C20H27NO3SSi. The quantitative estimate of drug-likeness (QED) is 0.798. The molecular weight excluding hydrogens is 362 g/mol. The minimum atomic E-state index is -3.27. The van der Waals surface area contributed by atoms with Gasteiger partial charge < -0.3 is 4.43 Å². The van der Waals surface area contributed by atoms with Gasteiger partial charge in [-0.25, -0.2) is 13.1 Å². The molecule has 0 aliphatic carbocycles. The molecule has 0 saturated carbocycles. The molecule has 1 unspecified atom stereocenters. The van der Waals surface area contributed by atoms with Crippen LogP contribution < -0.4 is 15.1 Å². The molecule has 4 nitrogen and oxygen atoms in total. The lowest BCUT2D eigenvalue weighted by molar-refractivity contribution is 0.293. The molecule has 3 rings (SSSR count). The third-order valence-corrected chi connectivity index (χ3v) is 12.0. The topological polar surface area (TPSA) is 55.4 Å². The first-order valence-electron chi connectivity index (χ1n) is 9.01. The monoisotopic (exact) mass is 389 g/mol. The van der Waals surface area contributed by atoms with Crippen LogP contribution in [-0.2, 0) is 14.4 Å². The van der Waals surface area contributed by atoms with Gasteiger partial charge in [0, 0.05) is 6.54 Å². The molecule has 1 aliphatic rings. The van der Waals surface area contributed by atoms with Gasteiger partial charge in [-0.05, 0) is 21.8 Å². The molecule has 140 valence electrons. The van der Waals surface area contributed by atoms with Gasteiger partial charge in [-0.15, -0.1) is 0 Å². The molecule has 1 heterocycles. The van der Waals surface area contributed by atoms with Crippen molar-refractivity contribution in [3.05, 3.63) is 60.7 Å². The van der Waals surface area contributed by atoms with Crippen LogP contribution in [0.25, 0.3) is 0 Å². The van der Waals surface area contributed by atoms with E-state index in [1.165, 1.54) is 10.4 Å². The Morgan fingerprint density at radius 2 is 1.50 bits per heavy atom. The van der Waals surface area contributed by atoms with E-state index in [0.717, 1.165) is 0 Å². The molecule has 0 radical (unpaired) electrons. The number of benzene rings is 2. The molecule has 1 fully saturated rings. The number of hydrogen-bond donors (Lipinski definition) is 1. The molecule has 2 aromatic carbocycles. The third-order valence-electron chi connectivity index (χ3n) is 5.11. The Bertz CT molecular complexity index is 793. The Labute approximate surface area is 157 Å². The average molecular weight is 390 g/mol. The van der Waals surface area contributed by atoms with Crippen LogP contribution in [0.4, 0.5) is 0 Å². The summed E-state index contributed by atoms with van der Waals surface area (Å²) < 4.78 is 33.8. The van der Waals surface area contributed by atoms with Crippen molar-refractivity contribution in [1.82, 2.24) is 4.72 Å². The molecule has 2 aromatic rings. The normalized spacial score (nSPS) is 20.2. The van der Waals surface area contributed by atoms with Crippen molar-refractivity contribution in [3.8, 4) is 0 Å². The minimum absolute atomic E-state index is 0.147. The third kappa shape index (κ3) is 3.51. The van der Waals surface area contributed by atoms with Gasteiger partial charge in [0.25, 0.3) is 8.32 Å². The van der Waals surface area contributed by atoms with Crippen molar-refractivity contribution in [2.75, 3.05) is 13.2 Å². The van der Waals surface area contributed by atoms with E-state index < -0.39 is 23.6 Å². The first-order chi connectivity index (χ1) is 12.3. The van der Waals surface area contributed by atoms with Crippen LogP contribution in [0.5, 0.6) is 0 Å². The summed E-state index contributed by atoms with van der Waals surface area (Å²) in [5, 5.41) is 1.71. The van der Waals surface area contributed by atoms with Crippen LogP contribution >= 0.6 is 0 Å². The van der Waals surface area contributed by atoms with Gasteiger partial charge >= 0.3 is 0 Å². The zero-order chi connectivity index (χ0) is 18.8. The zero-order valence-electron chi connectivity index (χ0n) is 15.6. The van der Waals surface area contributed by atoms with E-state index in [2.05, 4.69) is 49.8 Å². The number of sulfonamides is 1. The average Bonchev–Trinajstić information content (AvgIpc) is 2.95. The van der Waals surface area contributed by atoms with Gasteiger partial charge in [-0.1, -0.05) is 81.4 Å². The standard InChI is InChI=1S/C20H27NO3SSi/c1-20(2,3)26(18-10-6-4-7-11-18,19-12-8-5-9-13-19)24-16-17-14-15-21-25(17,22)23/h4-13,17,21H,14-16H2,1-3H3. The van der Waals surface area contributed by atoms with Crippen LogP contribution in [0.1, 0.15) is 27.2 Å². The van der Waals surface area contributed by atoms with E-state index in [-0.39, 0.29) is 11.6 Å². The summed E-state index contributed by atoms with van der Waals surface area (Å²) in [6.07, 6.45) is 0.598. The highest BCUT2D eigenvalue weighted by molar-refractivity contribution is 7.90. The van der Waals surface area contributed by atoms with E-state index in [9.17, 15) is 8.42 Å². The van der Waals surface area contributed by atoms with Crippen molar-refractivity contribution >= 4 is 28.7 Å². The van der Waals surface area contributed by atoms with Gasteiger partial charge in [-0.2, -0.15) is 0 Å². The number of nitrogens with one attached hydrogen (secondary N) is 1. The first kappa shape index (κ1) is 19.3. The highest BCUT2D eigenvalue weighted by Gasteiger charge is 2.51. The Morgan fingerprint density at radius 3 is 1.88 bits per heavy atom. The Hall–Kier alpha value is -1.47. The molecule has 0 amide bonds. The fourth-order valence-corrected chi connectivity index (χ4v) is 9.83. The molecule has 0 aromatic heterocycles. The van der Waals surface area contributed by atoms with Crippen molar-refractivity contribution in [2.45, 2.75) is 37.5 Å². The smallest absolute Gasteiger partial charge is 0.261 e. The first-order valence-corrected chi connectivity index (χ1v) is 12.5. The second kappa shape index (κ2) is 7.27. The molecule has 1 atom stereocenters. The number of hydrogen-bond acceptors (Lipinski definition) is 3. The van der Waals surface area contributed by atoms with Crippen molar-refractivity contribution in [2.24, 2.45) is 0 Å². The van der Waals surface area contributed by atoms with Gasteiger partial charge in [0.2, 0.25) is 10.0 Å². The summed E-state index contributed by atoms with van der Waals surface area (Å²) in [7, 11) is -5.94. The fourth-order valence-electron chi connectivity index (χ4n) is 3.79. The maximum absolute atomic E-state index is 12.2. The van der Waals surface area contributed by atoms with Gasteiger partial charge in [-0.3, -0.25) is 0 Å². The molecule has 0 bridgehead atoms. The van der Waals surface area contributed by atoms with Gasteiger partial charge in [0.15, 0.2) is 0 Å². The van der Waals surface area contributed by atoms with Crippen molar-refractivity contribution in [1.29, 1.82) is 0 Å². The lowest BCUT2D eigenvalue weighted by Gasteiger charge is -2.43. The van der Waals surface area contributed by atoms with Crippen LogP contribution in [0.2, 0.25) is 5.04 Å². The minimum Gasteiger partial charge on any atom is -0.406 e. The Morgan fingerprint density at radius 1 is 1.00 bits per heavy atom. The maximum atomic E-state index is 12.2. The molecule has 26 heavy (non-hydrogen) atoms. The van der Waals surface area contributed by atoms with E-state index >= 15 is 0 Å². The second-order valence-corrected chi connectivity index (χ2v) is 14.2. The van der Waals surface area contributed by atoms with E-state index in [1.54, 1.807) is 0 Å². The predicted octanol–water partition coefficient (Wildman–Crippen LogP) is 2.25. The van der Waals surface area contributed by atoms with Gasteiger partial charge in [0.1, 0.15) is 0 Å².